The Balaban J connectivity index is -0.0000000800. The molecule has 1 aromatic heterocycles. The fourth-order valence-electron chi connectivity index (χ4n) is 0.492. The third kappa shape index (κ3) is 8.11. The van der Waals surface area contributed by atoms with Crippen molar-refractivity contribution in [3.05, 3.63) is 30.1 Å². The molecule has 7 N–H and O–H groups in total. The molecule has 0 spiro atoms. The normalized spacial score (nSPS) is 6.08. The molecule has 0 amide bonds. The molecule has 1 aromatic rings. The summed E-state index contributed by atoms with van der Waals surface area (Å²) in [6.45, 7) is 0.0772. The van der Waals surface area contributed by atoms with Gasteiger partial charge in [-0.05, 0) is 11.6 Å². The van der Waals surface area contributed by atoms with Gasteiger partial charge in [-0.25, -0.2) is 0 Å². The van der Waals surface area contributed by atoms with E-state index in [1.807, 2.05) is 6.07 Å². The van der Waals surface area contributed by atoms with Crippen LogP contribution < -0.4 is 24.7 Å². The maximum Gasteiger partial charge on any atom is 2.00 e. The van der Waals surface area contributed by atoms with E-state index in [2.05, 4.69) is 4.98 Å². The summed E-state index contributed by atoms with van der Waals surface area (Å²) in [6, 6.07) is 3.62. The predicted octanol–water partition coefficient (Wildman–Crippen LogP) is -2.10. The van der Waals surface area contributed by atoms with Crippen LogP contribution in [0.3, 0.4) is 0 Å². The number of hydrogen-bond donors (Lipinski definition) is 3. The second-order valence-corrected chi connectivity index (χ2v) is 1.52. The minimum atomic E-state index is 0. The molecule has 0 aliphatic rings. The summed E-state index contributed by atoms with van der Waals surface area (Å²) in [4.78, 5) is 3.80. The Morgan fingerprint density at radius 2 is 1.92 bits per heavy atom. The molecule has 0 radical (unpaired) electrons. The van der Waals surface area contributed by atoms with Gasteiger partial charge in [0.15, 0.2) is 0 Å². The average Bonchev–Trinajstić information content (AvgIpc) is 1.90. The summed E-state index contributed by atoms with van der Waals surface area (Å²) in [6.07, 6.45) is 3.32. The molecule has 12 heavy (non-hydrogen) atoms. The van der Waals surface area contributed by atoms with Crippen molar-refractivity contribution in [2.24, 2.45) is 0 Å². The fourth-order valence-corrected chi connectivity index (χ4v) is 0.492. The Labute approximate surface area is 92.6 Å². The second kappa shape index (κ2) is 13.6. The Morgan fingerprint density at radius 3 is 2.17 bits per heavy atom. The van der Waals surface area contributed by atoms with E-state index in [1.165, 1.54) is 0 Å². The summed E-state index contributed by atoms with van der Waals surface area (Å²) in [5, 5.41) is 8.50. The van der Waals surface area contributed by atoms with Crippen molar-refractivity contribution in [2.45, 2.75) is 6.61 Å². The van der Waals surface area contributed by atoms with Gasteiger partial charge in [0.1, 0.15) is 0 Å². The Kier molecular flexibility index (Phi) is 25.7. The number of aliphatic hydroxyl groups excluding tert-OH is 1. The first-order chi connectivity index (χ1) is 3.93. The van der Waals surface area contributed by atoms with Crippen molar-refractivity contribution in [3.8, 4) is 0 Å². The molecule has 74 valence electrons. The molecular formula is C6H13ClN3OPt+. The summed E-state index contributed by atoms with van der Waals surface area (Å²) in [5.74, 6) is 0. The first-order valence-corrected chi connectivity index (χ1v) is 2.43. The van der Waals surface area contributed by atoms with Crippen LogP contribution in [0.25, 0.3) is 0 Å². The van der Waals surface area contributed by atoms with E-state index >= 15 is 0 Å². The van der Waals surface area contributed by atoms with Gasteiger partial charge < -0.3 is 29.8 Å². The Hall–Kier alpha value is 0.00831. The molecule has 1 rings (SSSR count). The fraction of sp³-hybridized carbons (Fsp3) is 0.167. The first-order valence-electron chi connectivity index (χ1n) is 2.43. The van der Waals surface area contributed by atoms with Crippen LogP contribution in [0, 0.1) is 0 Å². The third-order valence-corrected chi connectivity index (χ3v) is 0.905. The molecule has 0 atom stereocenters. The number of aliphatic hydroxyl groups is 1. The van der Waals surface area contributed by atoms with E-state index in [1.54, 1.807) is 18.5 Å². The van der Waals surface area contributed by atoms with E-state index < -0.39 is 0 Å². The molecular weight excluding hydrogens is 361 g/mol. The van der Waals surface area contributed by atoms with Gasteiger partial charge >= 0.3 is 21.1 Å². The molecule has 0 bridgehead atoms. The summed E-state index contributed by atoms with van der Waals surface area (Å²) >= 11 is 0. The number of pyridine rings is 1. The van der Waals surface area contributed by atoms with Gasteiger partial charge in [0.05, 0.1) is 6.61 Å². The minimum Gasteiger partial charge on any atom is -1.00 e. The van der Waals surface area contributed by atoms with Crippen LogP contribution in [0.1, 0.15) is 5.56 Å². The first kappa shape index (κ1) is 22.7. The monoisotopic (exact) mass is 373 g/mol. The van der Waals surface area contributed by atoms with Crippen LogP contribution in [0.2, 0.25) is 0 Å². The molecule has 4 nitrogen and oxygen atoms in total. The second-order valence-electron chi connectivity index (χ2n) is 1.52. The number of hydrogen-bond acceptors (Lipinski definition) is 4. The van der Waals surface area contributed by atoms with Crippen molar-refractivity contribution >= 4 is 0 Å². The molecule has 1 heterocycles. The molecule has 0 unspecified atom stereocenters. The van der Waals surface area contributed by atoms with E-state index in [0.717, 1.165) is 5.56 Å². The number of halogens is 1. The number of aromatic nitrogens is 1. The molecule has 0 saturated heterocycles. The van der Waals surface area contributed by atoms with Gasteiger partial charge in [-0.2, -0.15) is 0 Å². The standard InChI is InChI=1S/C6H7NO.ClH.2H3N.Pt/c8-5-6-2-1-3-7-4-6;;;;/h1-4,8H,5H2;1H;2*1H3;/q;;;;+2/p-1. The van der Waals surface area contributed by atoms with E-state index in [9.17, 15) is 0 Å². The molecule has 0 aliphatic heterocycles. The van der Waals surface area contributed by atoms with Gasteiger partial charge in [-0.15, -0.1) is 0 Å². The van der Waals surface area contributed by atoms with Gasteiger partial charge in [0.25, 0.3) is 0 Å². The third-order valence-electron chi connectivity index (χ3n) is 0.905. The van der Waals surface area contributed by atoms with Crippen LogP contribution in [0.5, 0.6) is 0 Å². The zero-order chi connectivity index (χ0) is 5.82. The maximum atomic E-state index is 8.50. The van der Waals surface area contributed by atoms with Gasteiger partial charge in [0.2, 0.25) is 0 Å². The van der Waals surface area contributed by atoms with E-state index in [-0.39, 0.29) is 52.4 Å². The van der Waals surface area contributed by atoms with Gasteiger partial charge in [-0.1, -0.05) is 6.07 Å². The zero-order valence-electron chi connectivity index (χ0n) is 6.52. The largest absolute Gasteiger partial charge is 2.00 e. The quantitative estimate of drug-likeness (QED) is 0.524. The molecule has 0 aromatic carbocycles. The van der Waals surface area contributed by atoms with Crippen LogP contribution in [-0.2, 0) is 27.7 Å². The van der Waals surface area contributed by atoms with Gasteiger partial charge in [0, 0.05) is 12.4 Å². The van der Waals surface area contributed by atoms with Crippen LogP contribution in [-0.4, -0.2) is 10.1 Å². The molecule has 0 aliphatic carbocycles. The van der Waals surface area contributed by atoms with Crippen LogP contribution >= 0.6 is 0 Å². The van der Waals surface area contributed by atoms with Crippen LogP contribution in [0.15, 0.2) is 24.5 Å². The topological polar surface area (TPSA) is 103 Å². The van der Waals surface area contributed by atoms with Crippen molar-refractivity contribution in [1.29, 1.82) is 0 Å². The van der Waals surface area contributed by atoms with Crippen molar-refractivity contribution < 1.29 is 38.6 Å². The number of rotatable bonds is 1. The number of nitrogens with zero attached hydrogens (tertiary/aromatic N) is 1. The van der Waals surface area contributed by atoms with Gasteiger partial charge in [-0.3, -0.25) is 4.98 Å². The summed E-state index contributed by atoms with van der Waals surface area (Å²) in [5.41, 5.74) is 0.854. The van der Waals surface area contributed by atoms with Crippen LogP contribution in [0.4, 0.5) is 0 Å². The van der Waals surface area contributed by atoms with Crippen molar-refractivity contribution in [3.63, 3.8) is 0 Å². The Bertz CT molecular complexity index is 164. The average molecular weight is 374 g/mol. The summed E-state index contributed by atoms with van der Waals surface area (Å²) < 4.78 is 0. The van der Waals surface area contributed by atoms with E-state index in [0.29, 0.717) is 0 Å². The summed E-state index contributed by atoms with van der Waals surface area (Å²) in [7, 11) is 0. The molecule has 0 fully saturated rings. The molecule has 6 heteroatoms. The SMILES string of the molecule is N.N.OCc1cccnc1.[Cl-].[Pt+2]. The molecule has 0 saturated carbocycles. The van der Waals surface area contributed by atoms with Crippen molar-refractivity contribution in [2.75, 3.05) is 0 Å². The smallest absolute Gasteiger partial charge is 1.00 e. The minimum absolute atomic E-state index is 0. The van der Waals surface area contributed by atoms with Crippen molar-refractivity contribution in [1.82, 2.24) is 17.3 Å². The van der Waals surface area contributed by atoms with E-state index in [4.69, 9.17) is 5.11 Å². The Morgan fingerprint density at radius 1 is 1.33 bits per heavy atom. The predicted molar refractivity (Wildman–Crippen MR) is 40.2 cm³/mol. The zero-order valence-corrected chi connectivity index (χ0v) is 9.55. The maximum absolute atomic E-state index is 8.50.